The van der Waals surface area contributed by atoms with Gasteiger partial charge in [-0.3, -0.25) is 4.90 Å². The number of hydrogen-bond donors (Lipinski definition) is 1. The Morgan fingerprint density at radius 1 is 1.38 bits per heavy atom. The van der Waals surface area contributed by atoms with Crippen LogP contribution in [0.15, 0.2) is 36.5 Å². The monoisotopic (exact) mass is 281 g/mol. The number of fused-ring (bicyclic) bond motifs is 4. The highest BCUT2D eigenvalue weighted by Crippen LogP contribution is 2.37. The molecule has 1 unspecified atom stereocenters. The number of amides is 2. The van der Waals surface area contributed by atoms with Crippen LogP contribution in [-0.2, 0) is 13.0 Å². The molecule has 2 aromatic rings. The van der Waals surface area contributed by atoms with Crippen molar-refractivity contribution in [1.82, 2.24) is 14.8 Å². The van der Waals surface area contributed by atoms with E-state index in [-0.39, 0.29) is 12.1 Å². The molecule has 21 heavy (non-hydrogen) atoms. The van der Waals surface area contributed by atoms with Gasteiger partial charge >= 0.3 is 6.03 Å². The molecule has 1 fully saturated rings. The number of H-pyrrole nitrogens is 1. The third kappa shape index (κ3) is 1.65. The maximum absolute atomic E-state index is 12.5. The number of nitrogens with zero attached hydrogens (tertiary/aromatic N) is 2. The fraction of sp³-hybridized carbons (Fsp3) is 0.353. The number of benzene rings is 1. The van der Waals surface area contributed by atoms with Crippen molar-refractivity contribution < 1.29 is 4.79 Å². The van der Waals surface area contributed by atoms with Crippen molar-refractivity contribution in [2.45, 2.75) is 32.4 Å². The summed E-state index contributed by atoms with van der Waals surface area (Å²) in [5.74, 6) is 0. The van der Waals surface area contributed by atoms with E-state index in [2.05, 4.69) is 36.7 Å². The number of aromatic amines is 1. The highest BCUT2D eigenvalue weighted by Gasteiger charge is 2.43. The number of nitrogens with one attached hydrogen (secondary N) is 1. The van der Waals surface area contributed by atoms with Crippen LogP contribution in [0.4, 0.5) is 4.79 Å². The molecule has 0 aliphatic carbocycles. The summed E-state index contributed by atoms with van der Waals surface area (Å²) >= 11 is 0. The Bertz CT molecular complexity index is 746. The lowest BCUT2D eigenvalue weighted by atomic mass is 9.96. The highest BCUT2D eigenvalue weighted by molar-refractivity contribution is 5.87. The van der Waals surface area contributed by atoms with Crippen molar-refractivity contribution in [3.63, 3.8) is 0 Å². The number of hydrogen-bond acceptors (Lipinski definition) is 1. The largest absolute Gasteiger partial charge is 0.357 e. The van der Waals surface area contributed by atoms with Crippen LogP contribution in [0.3, 0.4) is 0 Å². The fourth-order valence-electron chi connectivity index (χ4n) is 3.63. The second-order valence-electron chi connectivity index (χ2n) is 5.90. The predicted octanol–water partition coefficient (Wildman–Crippen LogP) is 3.25. The Balaban J connectivity index is 1.76. The molecule has 0 bridgehead atoms. The molecule has 1 saturated heterocycles. The zero-order chi connectivity index (χ0) is 14.6. The van der Waals surface area contributed by atoms with Crippen molar-refractivity contribution in [2.75, 3.05) is 6.54 Å². The normalized spacial score (nSPS) is 21.1. The summed E-state index contributed by atoms with van der Waals surface area (Å²) in [4.78, 5) is 19.8. The van der Waals surface area contributed by atoms with E-state index in [0.29, 0.717) is 6.54 Å². The van der Waals surface area contributed by atoms with Gasteiger partial charge in [0.2, 0.25) is 0 Å². The lowest BCUT2D eigenvalue weighted by molar-refractivity contribution is 0.180. The molecular formula is C17H19N3O. The Labute approximate surface area is 124 Å². The van der Waals surface area contributed by atoms with Crippen molar-refractivity contribution in [2.24, 2.45) is 0 Å². The summed E-state index contributed by atoms with van der Waals surface area (Å²) in [5.41, 5.74) is 4.64. The zero-order valence-electron chi connectivity index (χ0n) is 12.2. The minimum absolute atomic E-state index is 0.108. The molecule has 0 spiro atoms. The van der Waals surface area contributed by atoms with E-state index in [1.54, 1.807) is 0 Å². The van der Waals surface area contributed by atoms with E-state index >= 15 is 0 Å². The molecule has 2 aliphatic heterocycles. The molecule has 4 rings (SSSR count). The summed E-state index contributed by atoms with van der Waals surface area (Å²) in [7, 11) is 0. The molecule has 2 aliphatic rings. The number of aromatic nitrogens is 1. The van der Waals surface area contributed by atoms with Crippen LogP contribution in [0.25, 0.3) is 10.9 Å². The van der Waals surface area contributed by atoms with Crippen molar-refractivity contribution in [3.05, 3.63) is 47.8 Å². The predicted molar refractivity (Wildman–Crippen MR) is 82.9 cm³/mol. The van der Waals surface area contributed by atoms with Crippen LogP contribution >= 0.6 is 0 Å². The Kier molecular flexibility index (Phi) is 2.61. The molecular weight excluding hydrogens is 262 g/mol. The van der Waals surface area contributed by atoms with Crippen LogP contribution in [0.2, 0.25) is 0 Å². The van der Waals surface area contributed by atoms with E-state index in [1.165, 1.54) is 16.6 Å². The van der Waals surface area contributed by atoms with Gasteiger partial charge in [-0.05, 0) is 18.1 Å². The van der Waals surface area contributed by atoms with Gasteiger partial charge in [0.1, 0.15) is 0 Å². The SMILES string of the molecule is C=C1C2Cc3c([nH]c4ccccc34)CN2C(=O)N1CCC. The first-order chi connectivity index (χ1) is 10.2. The van der Waals surface area contributed by atoms with E-state index in [1.807, 2.05) is 15.9 Å². The van der Waals surface area contributed by atoms with Gasteiger partial charge in [-0.25, -0.2) is 4.79 Å². The topological polar surface area (TPSA) is 39.3 Å². The maximum Gasteiger partial charge on any atom is 0.325 e. The molecule has 3 heterocycles. The lowest BCUT2D eigenvalue weighted by Gasteiger charge is -2.28. The number of carbonyl (C=O) groups excluding carboxylic acids is 1. The third-order valence-electron chi connectivity index (χ3n) is 4.66. The van der Waals surface area contributed by atoms with Gasteiger partial charge in [0.25, 0.3) is 0 Å². The van der Waals surface area contributed by atoms with Crippen LogP contribution in [0, 0.1) is 0 Å². The second kappa shape index (κ2) is 4.38. The standard InChI is InChI=1S/C17H19N3O/c1-3-8-19-11(2)16-9-13-12-6-4-5-7-14(12)18-15(13)10-20(16)17(19)21/h4-7,16,18H,2-3,8-10H2,1H3. The molecule has 0 saturated carbocycles. The fourth-order valence-corrected chi connectivity index (χ4v) is 3.63. The smallest absolute Gasteiger partial charge is 0.325 e. The number of urea groups is 1. The van der Waals surface area contributed by atoms with Gasteiger partial charge in [-0.2, -0.15) is 0 Å². The first kappa shape index (κ1) is 12.5. The van der Waals surface area contributed by atoms with Gasteiger partial charge in [-0.15, -0.1) is 0 Å². The molecule has 2 amide bonds. The molecule has 1 aromatic carbocycles. The molecule has 108 valence electrons. The zero-order valence-corrected chi connectivity index (χ0v) is 12.2. The summed E-state index contributed by atoms with van der Waals surface area (Å²) in [5, 5.41) is 1.28. The van der Waals surface area contributed by atoms with Gasteiger partial charge in [0.05, 0.1) is 12.6 Å². The molecule has 1 N–H and O–H groups in total. The number of carbonyl (C=O) groups is 1. The quantitative estimate of drug-likeness (QED) is 0.901. The first-order valence-corrected chi connectivity index (χ1v) is 7.56. The average Bonchev–Trinajstić information content (AvgIpc) is 2.97. The minimum atomic E-state index is 0.108. The Morgan fingerprint density at radius 2 is 2.19 bits per heavy atom. The third-order valence-corrected chi connectivity index (χ3v) is 4.66. The van der Waals surface area contributed by atoms with E-state index in [4.69, 9.17) is 0 Å². The summed E-state index contributed by atoms with van der Waals surface area (Å²) in [6.45, 7) is 7.69. The average molecular weight is 281 g/mol. The molecule has 1 atom stereocenters. The van der Waals surface area contributed by atoms with Gasteiger partial charge in [0.15, 0.2) is 0 Å². The van der Waals surface area contributed by atoms with Crippen molar-refractivity contribution in [3.8, 4) is 0 Å². The molecule has 0 radical (unpaired) electrons. The lowest BCUT2D eigenvalue weighted by Crippen LogP contribution is -2.38. The first-order valence-electron chi connectivity index (χ1n) is 7.56. The number of rotatable bonds is 2. The maximum atomic E-state index is 12.5. The van der Waals surface area contributed by atoms with Crippen LogP contribution in [0.5, 0.6) is 0 Å². The molecule has 1 aromatic heterocycles. The minimum Gasteiger partial charge on any atom is -0.357 e. The van der Waals surface area contributed by atoms with Crippen LogP contribution in [-0.4, -0.2) is 33.4 Å². The van der Waals surface area contributed by atoms with Crippen LogP contribution in [0.1, 0.15) is 24.6 Å². The summed E-state index contributed by atoms with van der Waals surface area (Å²) in [6.07, 6.45) is 1.82. The molecule has 4 heteroatoms. The second-order valence-corrected chi connectivity index (χ2v) is 5.90. The Morgan fingerprint density at radius 3 is 3.00 bits per heavy atom. The molecule has 4 nitrogen and oxygen atoms in total. The van der Waals surface area contributed by atoms with Gasteiger partial charge in [-0.1, -0.05) is 31.7 Å². The van der Waals surface area contributed by atoms with Crippen molar-refractivity contribution >= 4 is 16.9 Å². The van der Waals surface area contributed by atoms with Crippen molar-refractivity contribution in [1.29, 1.82) is 0 Å². The number of para-hydroxylation sites is 1. The van der Waals surface area contributed by atoms with Gasteiger partial charge in [0, 0.05) is 35.3 Å². The Hall–Kier alpha value is -2.23. The summed E-state index contributed by atoms with van der Waals surface area (Å²) < 4.78 is 0. The van der Waals surface area contributed by atoms with Gasteiger partial charge < -0.3 is 9.88 Å². The summed E-state index contributed by atoms with van der Waals surface area (Å²) in [6, 6.07) is 8.59. The van der Waals surface area contributed by atoms with E-state index in [9.17, 15) is 4.79 Å². The van der Waals surface area contributed by atoms with E-state index < -0.39 is 0 Å². The van der Waals surface area contributed by atoms with E-state index in [0.717, 1.165) is 30.6 Å². The van der Waals surface area contributed by atoms with Crippen LogP contribution < -0.4 is 0 Å². The highest BCUT2D eigenvalue weighted by atomic mass is 16.2.